The largest absolute Gasteiger partial charge is 0.370 e. The van der Waals surface area contributed by atoms with E-state index in [9.17, 15) is 0 Å². The molecule has 2 rings (SSSR count). The van der Waals surface area contributed by atoms with Gasteiger partial charge in [0.25, 0.3) is 0 Å². The first kappa shape index (κ1) is 14.8. The molecule has 0 aliphatic rings. The van der Waals surface area contributed by atoms with E-state index in [1.807, 2.05) is 31.2 Å². The molecule has 3 nitrogen and oxygen atoms in total. The molecular formula is C16H20ClN3. The van der Waals surface area contributed by atoms with E-state index in [-0.39, 0.29) is 0 Å². The molecule has 20 heavy (non-hydrogen) atoms. The number of benzene rings is 1. The maximum atomic E-state index is 6.20. The molecule has 0 aliphatic carbocycles. The van der Waals surface area contributed by atoms with E-state index in [1.165, 1.54) is 0 Å². The zero-order valence-electron chi connectivity index (χ0n) is 12.4. The Kier molecular flexibility index (Phi) is 4.61. The SMILES string of the molecule is CCNc1cc(C(C)C)nc(-c2ccc(C)c(Cl)c2)n1. The minimum atomic E-state index is 0.357. The fourth-order valence-electron chi connectivity index (χ4n) is 1.89. The molecule has 1 N–H and O–H groups in total. The summed E-state index contributed by atoms with van der Waals surface area (Å²) in [5.41, 5.74) is 3.03. The van der Waals surface area contributed by atoms with Crippen molar-refractivity contribution in [2.45, 2.75) is 33.6 Å². The second-order valence-electron chi connectivity index (χ2n) is 5.15. The summed E-state index contributed by atoms with van der Waals surface area (Å²) in [6, 6.07) is 7.94. The standard InChI is InChI=1S/C16H20ClN3/c1-5-18-15-9-14(10(2)3)19-16(20-15)12-7-6-11(4)13(17)8-12/h6-10H,5H2,1-4H3,(H,18,19,20). The maximum Gasteiger partial charge on any atom is 0.161 e. The fourth-order valence-corrected chi connectivity index (χ4v) is 2.08. The monoisotopic (exact) mass is 289 g/mol. The molecule has 0 bridgehead atoms. The lowest BCUT2D eigenvalue weighted by Crippen LogP contribution is -2.05. The third-order valence-electron chi connectivity index (χ3n) is 3.13. The Morgan fingerprint density at radius 2 is 1.95 bits per heavy atom. The van der Waals surface area contributed by atoms with Gasteiger partial charge in [-0.05, 0) is 31.4 Å². The van der Waals surface area contributed by atoms with Gasteiger partial charge in [0, 0.05) is 28.9 Å². The van der Waals surface area contributed by atoms with E-state index in [0.717, 1.165) is 34.2 Å². The highest BCUT2D eigenvalue weighted by Gasteiger charge is 2.10. The lowest BCUT2D eigenvalue weighted by Gasteiger charge is -2.11. The van der Waals surface area contributed by atoms with Gasteiger partial charge in [-0.15, -0.1) is 0 Å². The van der Waals surface area contributed by atoms with E-state index in [1.54, 1.807) is 0 Å². The van der Waals surface area contributed by atoms with E-state index in [4.69, 9.17) is 11.6 Å². The number of rotatable bonds is 4. The fraction of sp³-hybridized carbons (Fsp3) is 0.375. The van der Waals surface area contributed by atoms with Crippen molar-refractivity contribution in [1.29, 1.82) is 0 Å². The van der Waals surface area contributed by atoms with E-state index < -0.39 is 0 Å². The number of halogens is 1. The van der Waals surface area contributed by atoms with Gasteiger partial charge in [-0.3, -0.25) is 0 Å². The highest BCUT2D eigenvalue weighted by atomic mass is 35.5. The van der Waals surface area contributed by atoms with E-state index >= 15 is 0 Å². The average Bonchev–Trinajstić information content (AvgIpc) is 2.42. The van der Waals surface area contributed by atoms with Crippen LogP contribution in [-0.2, 0) is 0 Å². The molecule has 0 atom stereocenters. The topological polar surface area (TPSA) is 37.8 Å². The Morgan fingerprint density at radius 3 is 2.55 bits per heavy atom. The summed E-state index contributed by atoms with van der Waals surface area (Å²) in [5.74, 6) is 1.93. The van der Waals surface area contributed by atoms with Crippen molar-refractivity contribution < 1.29 is 0 Å². The van der Waals surface area contributed by atoms with Gasteiger partial charge in [0.15, 0.2) is 5.82 Å². The summed E-state index contributed by atoms with van der Waals surface area (Å²) < 4.78 is 0. The molecule has 1 aromatic heterocycles. The summed E-state index contributed by atoms with van der Waals surface area (Å²) in [5, 5.41) is 4.00. The minimum absolute atomic E-state index is 0.357. The zero-order valence-corrected chi connectivity index (χ0v) is 13.1. The molecule has 106 valence electrons. The molecule has 0 radical (unpaired) electrons. The van der Waals surface area contributed by atoms with Crippen LogP contribution in [0.1, 0.15) is 37.9 Å². The Balaban J connectivity index is 2.51. The van der Waals surface area contributed by atoms with Gasteiger partial charge >= 0.3 is 0 Å². The van der Waals surface area contributed by atoms with Crippen LogP contribution in [-0.4, -0.2) is 16.5 Å². The average molecular weight is 290 g/mol. The van der Waals surface area contributed by atoms with Gasteiger partial charge in [0.2, 0.25) is 0 Å². The van der Waals surface area contributed by atoms with Crippen molar-refractivity contribution in [3.8, 4) is 11.4 Å². The normalized spacial score (nSPS) is 10.9. The molecule has 1 aromatic carbocycles. The summed E-state index contributed by atoms with van der Waals surface area (Å²) in [6.07, 6.45) is 0. The number of nitrogens with one attached hydrogen (secondary N) is 1. The minimum Gasteiger partial charge on any atom is -0.370 e. The van der Waals surface area contributed by atoms with Gasteiger partial charge in [0.1, 0.15) is 5.82 Å². The van der Waals surface area contributed by atoms with Crippen molar-refractivity contribution in [1.82, 2.24) is 9.97 Å². The second kappa shape index (κ2) is 6.23. The lowest BCUT2D eigenvalue weighted by molar-refractivity contribution is 0.817. The number of nitrogens with zero attached hydrogens (tertiary/aromatic N) is 2. The molecule has 0 aliphatic heterocycles. The smallest absolute Gasteiger partial charge is 0.161 e. The number of hydrogen-bond donors (Lipinski definition) is 1. The summed E-state index contributed by atoms with van der Waals surface area (Å²) >= 11 is 6.20. The van der Waals surface area contributed by atoms with Crippen LogP contribution in [0.2, 0.25) is 5.02 Å². The Hall–Kier alpha value is -1.61. The zero-order chi connectivity index (χ0) is 14.7. The van der Waals surface area contributed by atoms with Crippen LogP contribution in [0.25, 0.3) is 11.4 Å². The summed E-state index contributed by atoms with van der Waals surface area (Å²) in [4.78, 5) is 9.21. The highest BCUT2D eigenvalue weighted by molar-refractivity contribution is 6.31. The van der Waals surface area contributed by atoms with Crippen molar-refractivity contribution >= 4 is 17.4 Å². The van der Waals surface area contributed by atoms with Gasteiger partial charge < -0.3 is 5.32 Å². The van der Waals surface area contributed by atoms with Crippen LogP contribution in [0.3, 0.4) is 0 Å². The van der Waals surface area contributed by atoms with E-state index in [2.05, 4.69) is 36.1 Å². The predicted octanol–water partition coefficient (Wildman–Crippen LogP) is 4.66. The molecule has 0 amide bonds. The van der Waals surface area contributed by atoms with Crippen LogP contribution in [0, 0.1) is 6.92 Å². The van der Waals surface area contributed by atoms with Crippen LogP contribution in [0.5, 0.6) is 0 Å². The number of hydrogen-bond acceptors (Lipinski definition) is 3. The van der Waals surface area contributed by atoms with Gasteiger partial charge in [-0.25, -0.2) is 9.97 Å². The number of aryl methyl sites for hydroxylation is 1. The van der Waals surface area contributed by atoms with E-state index in [0.29, 0.717) is 11.7 Å². The van der Waals surface area contributed by atoms with Gasteiger partial charge in [0.05, 0.1) is 0 Å². The number of anilines is 1. The van der Waals surface area contributed by atoms with Crippen molar-refractivity contribution in [2.24, 2.45) is 0 Å². The summed E-state index contributed by atoms with van der Waals surface area (Å²) in [7, 11) is 0. The molecule has 1 heterocycles. The molecule has 0 saturated carbocycles. The summed E-state index contributed by atoms with van der Waals surface area (Å²) in [6.45, 7) is 9.14. The number of aromatic nitrogens is 2. The highest BCUT2D eigenvalue weighted by Crippen LogP contribution is 2.25. The first-order valence-electron chi connectivity index (χ1n) is 6.90. The molecule has 0 spiro atoms. The van der Waals surface area contributed by atoms with Crippen molar-refractivity contribution in [2.75, 3.05) is 11.9 Å². The molecule has 0 unspecified atom stereocenters. The van der Waals surface area contributed by atoms with Crippen molar-refractivity contribution in [3.05, 3.63) is 40.5 Å². The van der Waals surface area contributed by atoms with Gasteiger partial charge in [-0.2, -0.15) is 0 Å². The molecule has 4 heteroatoms. The van der Waals surface area contributed by atoms with Crippen LogP contribution >= 0.6 is 11.6 Å². The van der Waals surface area contributed by atoms with Crippen LogP contribution < -0.4 is 5.32 Å². The molecular weight excluding hydrogens is 270 g/mol. The first-order chi connectivity index (χ1) is 9.51. The molecule has 2 aromatic rings. The second-order valence-corrected chi connectivity index (χ2v) is 5.56. The molecule has 0 fully saturated rings. The maximum absolute atomic E-state index is 6.20. The van der Waals surface area contributed by atoms with Crippen LogP contribution in [0.15, 0.2) is 24.3 Å². The Labute approximate surface area is 125 Å². The quantitative estimate of drug-likeness (QED) is 0.889. The first-order valence-corrected chi connectivity index (χ1v) is 7.28. The lowest BCUT2D eigenvalue weighted by atomic mass is 10.1. The Bertz CT molecular complexity index is 609. The van der Waals surface area contributed by atoms with Crippen LogP contribution in [0.4, 0.5) is 5.82 Å². The molecule has 0 saturated heterocycles. The predicted molar refractivity (Wildman–Crippen MR) is 85.5 cm³/mol. The third-order valence-corrected chi connectivity index (χ3v) is 3.53. The van der Waals surface area contributed by atoms with Gasteiger partial charge in [-0.1, -0.05) is 37.6 Å². The third kappa shape index (κ3) is 3.28. The Morgan fingerprint density at radius 1 is 1.20 bits per heavy atom. The van der Waals surface area contributed by atoms with Crippen molar-refractivity contribution in [3.63, 3.8) is 0 Å².